The number of hydrogen-bond donors (Lipinski definition) is 0. The fourth-order valence-electron chi connectivity index (χ4n) is 8.01. The summed E-state index contributed by atoms with van der Waals surface area (Å²) in [5.74, 6) is 0. The zero-order valence-corrected chi connectivity index (χ0v) is 34.3. The van der Waals surface area contributed by atoms with Gasteiger partial charge in [-0.3, -0.25) is 0 Å². The molecule has 0 aliphatic heterocycles. The summed E-state index contributed by atoms with van der Waals surface area (Å²) in [5.41, 5.74) is 18.5. The van der Waals surface area contributed by atoms with Gasteiger partial charge in [-0.1, -0.05) is 121 Å². The Balaban J connectivity index is 0.985. The molecule has 3 nitrogen and oxygen atoms in total. The molecule has 0 fully saturated rings. The summed E-state index contributed by atoms with van der Waals surface area (Å²) in [7, 11) is 0. The van der Waals surface area contributed by atoms with Crippen molar-refractivity contribution in [2.45, 2.75) is 20.8 Å². The normalized spacial score (nSPS) is 10.9. The molecule has 0 unspecified atom stereocenters. The largest absolute Gasteiger partial charge is 0.310 e. The van der Waals surface area contributed by atoms with Crippen molar-refractivity contribution in [3.05, 3.63) is 247 Å². The summed E-state index contributed by atoms with van der Waals surface area (Å²) in [5, 5.41) is 0. The van der Waals surface area contributed by atoms with Crippen LogP contribution in [0.25, 0.3) is 22.3 Å². The Morgan fingerprint density at radius 1 is 0.200 bits per heavy atom. The summed E-state index contributed by atoms with van der Waals surface area (Å²) in [6.45, 7) is 6.43. The highest BCUT2D eigenvalue weighted by Gasteiger charge is 2.17. The SMILES string of the molecule is Cc1cccc(N(c2ccccc2)c2ccc(-c3ccc(N(c4ccc(-c5ccc(N(c6ccccc6)c6cccc(C)c6)cc5)cc4)c4cccc(C)c4)cc3)cc2)c1. The van der Waals surface area contributed by atoms with Gasteiger partial charge in [-0.15, -0.1) is 0 Å². The molecule has 0 N–H and O–H groups in total. The molecule has 0 heterocycles. The van der Waals surface area contributed by atoms with Gasteiger partial charge in [0.05, 0.1) is 0 Å². The third-order valence-electron chi connectivity index (χ3n) is 11.0. The van der Waals surface area contributed by atoms with E-state index in [4.69, 9.17) is 0 Å². The molecule has 0 saturated carbocycles. The Hall–Kier alpha value is -7.62. The van der Waals surface area contributed by atoms with Crippen LogP contribution in [0.4, 0.5) is 51.2 Å². The molecule has 0 aliphatic rings. The fraction of sp³-hybridized carbons (Fsp3) is 0.0526. The van der Waals surface area contributed by atoms with Gasteiger partial charge in [0.1, 0.15) is 0 Å². The topological polar surface area (TPSA) is 9.72 Å². The van der Waals surface area contributed by atoms with Gasteiger partial charge in [0.15, 0.2) is 0 Å². The van der Waals surface area contributed by atoms with Gasteiger partial charge < -0.3 is 14.7 Å². The predicted octanol–water partition coefficient (Wildman–Crippen LogP) is 16.4. The Kier molecular flexibility index (Phi) is 10.8. The number of hydrogen-bond acceptors (Lipinski definition) is 3. The van der Waals surface area contributed by atoms with Crippen molar-refractivity contribution >= 4 is 51.2 Å². The van der Waals surface area contributed by atoms with E-state index >= 15 is 0 Å². The second kappa shape index (κ2) is 17.1. The highest BCUT2D eigenvalue weighted by Crippen LogP contribution is 2.40. The molecule has 9 aromatic rings. The second-order valence-electron chi connectivity index (χ2n) is 15.4. The Morgan fingerprint density at radius 2 is 0.417 bits per heavy atom. The average molecular weight is 774 g/mol. The zero-order valence-electron chi connectivity index (χ0n) is 34.3. The Morgan fingerprint density at radius 3 is 0.650 bits per heavy atom. The van der Waals surface area contributed by atoms with E-state index in [1.165, 1.54) is 38.9 Å². The summed E-state index contributed by atoms with van der Waals surface area (Å²) in [6, 6.07) is 82.8. The standard InChI is InChI=1S/C57H47N3/c1-42-13-10-20-55(39-42)58(49-16-6-4-7-17-49)51-31-23-45(24-32-51)47-27-35-53(36-28-47)60(57-22-12-15-44(3)41-57)54-37-29-48(30-38-54)46-25-33-52(34-26-46)59(50-18-8-5-9-19-50)56-21-11-14-43(2)40-56/h4-41H,1-3H3. The van der Waals surface area contributed by atoms with Crippen molar-refractivity contribution in [3.8, 4) is 22.3 Å². The lowest BCUT2D eigenvalue weighted by molar-refractivity contribution is 1.27. The van der Waals surface area contributed by atoms with Crippen LogP contribution < -0.4 is 14.7 Å². The third-order valence-corrected chi connectivity index (χ3v) is 11.0. The number of nitrogens with zero attached hydrogens (tertiary/aromatic N) is 3. The van der Waals surface area contributed by atoms with E-state index in [1.807, 2.05) is 0 Å². The number of rotatable bonds is 11. The van der Waals surface area contributed by atoms with Crippen LogP contribution in [-0.2, 0) is 0 Å². The van der Waals surface area contributed by atoms with Gasteiger partial charge in [-0.25, -0.2) is 0 Å². The first-order chi connectivity index (χ1) is 29.5. The van der Waals surface area contributed by atoms with E-state index in [9.17, 15) is 0 Å². The fourth-order valence-corrected chi connectivity index (χ4v) is 8.01. The average Bonchev–Trinajstić information content (AvgIpc) is 3.29. The molecule has 0 bridgehead atoms. The predicted molar refractivity (Wildman–Crippen MR) is 256 cm³/mol. The molecule has 0 amide bonds. The van der Waals surface area contributed by atoms with Crippen molar-refractivity contribution < 1.29 is 0 Å². The Labute approximate surface area is 354 Å². The maximum atomic E-state index is 2.34. The molecule has 0 saturated heterocycles. The molecule has 0 radical (unpaired) electrons. The van der Waals surface area contributed by atoms with Crippen LogP contribution in [-0.4, -0.2) is 0 Å². The summed E-state index contributed by atoms with van der Waals surface area (Å²) >= 11 is 0. The molecule has 9 rings (SSSR count). The van der Waals surface area contributed by atoms with Gasteiger partial charge >= 0.3 is 0 Å². The van der Waals surface area contributed by atoms with Crippen molar-refractivity contribution in [2.24, 2.45) is 0 Å². The van der Waals surface area contributed by atoms with Gasteiger partial charge in [-0.05, 0) is 169 Å². The maximum absolute atomic E-state index is 2.34. The number of aryl methyl sites for hydroxylation is 3. The minimum Gasteiger partial charge on any atom is -0.310 e. The highest BCUT2D eigenvalue weighted by molar-refractivity contribution is 5.83. The summed E-state index contributed by atoms with van der Waals surface area (Å²) < 4.78 is 0. The lowest BCUT2D eigenvalue weighted by Gasteiger charge is -2.27. The van der Waals surface area contributed by atoms with Gasteiger partial charge in [0.25, 0.3) is 0 Å². The Bertz CT molecular complexity index is 2640. The third kappa shape index (κ3) is 8.20. The van der Waals surface area contributed by atoms with E-state index in [0.717, 1.165) is 51.2 Å². The number of para-hydroxylation sites is 2. The van der Waals surface area contributed by atoms with Crippen molar-refractivity contribution in [1.29, 1.82) is 0 Å². The first-order valence-corrected chi connectivity index (χ1v) is 20.6. The lowest BCUT2D eigenvalue weighted by Crippen LogP contribution is -2.10. The molecule has 3 heteroatoms. The molecule has 60 heavy (non-hydrogen) atoms. The summed E-state index contributed by atoms with van der Waals surface area (Å²) in [6.07, 6.45) is 0. The van der Waals surface area contributed by atoms with E-state index in [-0.39, 0.29) is 0 Å². The van der Waals surface area contributed by atoms with Crippen LogP contribution in [0.1, 0.15) is 16.7 Å². The highest BCUT2D eigenvalue weighted by atomic mass is 15.2. The lowest BCUT2D eigenvalue weighted by atomic mass is 10.0. The monoisotopic (exact) mass is 773 g/mol. The molecule has 0 aliphatic carbocycles. The molecular weight excluding hydrogens is 727 g/mol. The molecular formula is C57H47N3. The molecule has 0 aromatic heterocycles. The maximum Gasteiger partial charge on any atom is 0.0464 e. The van der Waals surface area contributed by atoms with Crippen LogP contribution in [0.5, 0.6) is 0 Å². The molecule has 0 atom stereocenters. The first kappa shape index (κ1) is 37.9. The zero-order chi connectivity index (χ0) is 40.8. The van der Waals surface area contributed by atoms with E-state index in [2.05, 4.69) is 266 Å². The molecule has 290 valence electrons. The minimum absolute atomic E-state index is 1.10. The minimum atomic E-state index is 1.10. The summed E-state index contributed by atoms with van der Waals surface area (Å²) in [4.78, 5) is 6.96. The molecule has 0 spiro atoms. The van der Waals surface area contributed by atoms with E-state index < -0.39 is 0 Å². The van der Waals surface area contributed by atoms with Crippen LogP contribution in [0.2, 0.25) is 0 Å². The number of anilines is 9. The van der Waals surface area contributed by atoms with Crippen molar-refractivity contribution in [2.75, 3.05) is 14.7 Å². The van der Waals surface area contributed by atoms with Crippen LogP contribution in [0.3, 0.4) is 0 Å². The smallest absolute Gasteiger partial charge is 0.0464 e. The van der Waals surface area contributed by atoms with Crippen LogP contribution in [0, 0.1) is 20.8 Å². The first-order valence-electron chi connectivity index (χ1n) is 20.6. The van der Waals surface area contributed by atoms with Crippen molar-refractivity contribution in [3.63, 3.8) is 0 Å². The van der Waals surface area contributed by atoms with E-state index in [0.29, 0.717) is 0 Å². The van der Waals surface area contributed by atoms with Crippen LogP contribution in [0.15, 0.2) is 231 Å². The van der Waals surface area contributed by atoms with Crippen molar-refractivity contribution in [1.82, 2.24) is 0 Å². The van der Waals surface area contributed by atoms with Crippen LogP contribution >= 0.6 is 0 Å². The second-order valence-corrected chi connectivity index (χ2v) is 15.4. The molecule has 9 aromatic carbocycles. The van der Waals surface area contributed by atoms with E-state index in [1.54, 1.807) is 0 Å². The van der Waals surface area contributed by atoms with Gasteiger partial charge in [0, 0.05) is 51.2 Å². The quantitative estimate of drug-likeness (QED) is 0.130. The number of benzene rings is 9. The van der Waals surface area contributed by atoms with Gasteiger partial charge in [-0.2, -0.15) is 0 Å². The van der Waals surface area contributed by atoms with Gasteiger partial charge in [0.2, 0.25) is 0 Å².